The first-order chi connectivity index (χ1) is 5.68. The quantitative estimate of drug-likeness (QED) is 0.598. The van der Waals surface area contributed by atoms with Gasteiger partial charge < -0.3 is 10.8 Å². The monoisotopic (exact) mass is 167 g/mol. The lowest BCUT2D eigenvalue weighted by molar-refractivity contribution is 0.159. The van der Waals surface area contributed by atoms with E-state index in [0.717, 1.165) is 11.1 Å². The summed E-state index contributed by atoms with van der Waals surface area (Å²) in [7, 11) is 0. The van der Waals surface area contributed by atoms with Crippen LogP contribution in [-0.2, 0) is 6.42 Å². The van der Waals surface area contributed by atoms with Crippen molar-refractivity contribution in [2.24, 2.45) is 5.73 Å². The summed E-state index contributed by atoms with van der Waals surface area (Å²) in [6.07, 6.45) is -0.0607. The summed E-state index contributed by atoms with van der Waals surface area (Å²) in [6.45, 7) is 0. The Balaban J connectivity index is 2.47. The molecule has 3 heteroatoms. The topological polar surface area (TPSA) is 46.2 Å². The Kier molecular flexibility index (Phi) is 1.63. The standard InChI is InChI=1S/C9H10FNO/c10-6-1-2-7-5(3-6)4-8(11)9(7)12/h1-3,8-9,12H,4,11H2. The fourth-order valence-electron chi connectivity index (χ4n) is 1.64. The second kappa shape index (κ2) is 2.54. The smallest absolute Gasteiger partial charge is 0.123 e. The van der Waals surface area contributed by atoms with Crippen molar-refractivity contribution in [1.29, 1.82) is 0 Å². The summed E-state index contributed by atoms with van der Waals surface area (Å²) >= 11 is 0. The zero-order valence-electron chi connectivity index (χ0n) is 6.50. The number of hydrogen-bond donors (Lipinski definition) is 2. The maximum Gasteiger partial charge on any atom is 0.123 e. The lowest BCUT2D eigenvalue weighted by Crippen LogP contribution is -2.24. The van der Waals surface area contributed by atoms with Crippen molar-refractivity contribution in [2.45, 2.75) is 18.6 Å². The van der Waals surface area contributed by atoms with Crippen LogP contribution in [0.1, 0.15) is 17.2 Å². The van der Waals surface area contributed by atoms with E-state index in [9.17, 15) is 9.50 Å². The Bertz CT molecular complexity index is 313. The third-order valence-corrected chi connectivity index (χ3v) is 2.28. The Hall–Kier alpha value is -0.930. The van der Waals surface area contributed by atoms with Gasteiger partial charge in [-0.2, -0.15) is 0 Å². The first-order valence-electron chi connectivity index (χ1n) is 3.90. The van der Waals surface area contributed by atoms with Crippen molar-refractivity contribution in [3.05, 3.63) is 35.1 Å². The molecule has 0 aliphatic heterocycles. The van der Waals surface area contributed by atoms with Crippen LogP contribution in [0.3, 0.4) is 0 Å². The number of hydrogen-bond acceptors (Lipinski definition) is 2. The largest absolute Gasteiger partial charge is 0.387 e. The molecule has 2 nitrogen and oxygen atoms in total. The minimum absolute atomic E-state index is 0.268. The molecule has 2 atom stereocenters. The predicted molar refractivity (Wildman–Crippen MR) is 43.0 cm³/mol. The Morgan fingerprint density at radius 3 is 3.00 bits per heavy atom. The molecule has 0 radical (unpaired) electrons. The third kappa shape index (κ3) is 1.02. The van der Waals surface area contributed by atoms with Crippen LogP contribution in [0.15, 0.2) is 18.2 Å². The van der Waals surface area contributed by atoms with Crippen molar-refractivity contribution in [1.82, 2.24) is 0 Å². The van der Waals surface area contributed by atoms with Gasteiger partial charge in [0.2, 0.25) is 0 Å². The molecule has 0 saturated carbocycles. The summed E-state index contributed by atoms with van der Waals surface area (Å²) in [5, 5.41) is 9.49. The molecule has 0 saturated heterocycles. The van der Waals surface area contributed by atoms with Gasteiger partial charge in [-0.25, -0.2) is 4.39 Å². The van der Waals surface area contributed by atoms with Crippen LogP contribution < -0.4 is 5.73 Å². The molecule has 1 aromatic carbocycles. The van der Waals surface area contributed by atoms with Gasteiger partial charge in [-0.15, -0.1) is 0 Å². The summed E-state index contributed by atoms with van der Waals surface area (Å²) in [5.41, 5.74) is 7.20. The number of rotatable bonds is 0. The van der Waals surface area contributed by atoms with Crippen molar-refractivity contribution >= 4 is 0 Å². The highest BCUT2D eigenvalue weighted by Crippen LogP contribution is 2.30. The second-order valence-corrected chi connectivity index (χ2v) is 3.16. The van der Waals surface area contributed by atoms with Gasteiger partial charge in [0.25, 0.3) is 0 Å². The molecular formula is C9H10FNO. The van der Waals surface area contributed by atoms with Gasteiger partial charge >= 0.3 is 0 Å². The molecule has 0 heterocycles. The summed E-state index contributed by atoms with van der Waals surface area (Å²) in [6, 6.07) is 4.11. The molecule has 2 rings (SSSR count). The molecule has 1 aliphatic rings. The second-order valence-electron chi connectivity index (χ2n) is 3.16. The van der Waals surface area contributed by atoms with Gasteiger partial charge in [-0.1, -0.05) is 6.07 Å². The van der Waals surface area contributed by atoms with E-state index in [1.165, 1.54) is 12.1 Å². The minimum atomic E-state index is -0.624. The Labute approximate surface area is 69.8 Å². The molecule has 2 unspecified atom stereocenters. The van der Waals surface area contributed by atoms with Crippen LogP contribution in [-0.4, -0.2) is 11.1 Å². The van der Waals surface area contributed by atoms with Crippen LogP contribution in [0.25, 0.3) is 0 Å². The molecule has 12 heavy (non-hydrogen) atoms. The predicted octanol–water partition coefficient (Wildman–Crippen LogP) is 0.743. The summed E-state index contributed by atoms with van der Waals surface area (Å²) in [5.74, 6) is -0.268. The number of aliphatic hydroxyl groups is 1. The van der Waals surface area contributed by atoms with E-state index in [4.69, 9.17) is 5.73 Å². The molecule has 0 amide bonds. The van der Waals surface area contributed by atoms with Crippen molar-refractivity contribution in [3.63, 3.8) is 0 Å². The van der Waals surface area contributed by atoms with Crippen LogP contribution in [0.2, 0.25) is 0 Å². The van der Waals surface area contributed by atoms with E-state index < -0.39 is 6.10 Å². The van der Waals surface area contributed by atoms with Crippen molar-refractivity contribution in [2.75, 3.05) is 0 Å². The number of aliphatic hydroxyl groups excluding tert-OH is 1. The average molecular weight is 167 g/mol. The zero-order valence-corrected chi connectivity index (χ0v) is 6.50. The summed E-state index contributed by atoms with van der Waals surface area (Å²) in [4.78, 5) is 0. The van der Waals surface area contributed by atoms with Crippen molar-refractivity contribution in [3.8, 4) is 0 Å². The van der Waals surface area contributed by atoms with Gasteiger partial charge in [0.15, 0.2) is 0 Å². The van der Waals surface area contributed by atoms with E-state index in [-0.39, 0.29) is 11.9 Å². The number of halogens is 1. The van der Waals surface area contributed by atoms with Crippen LogP contribution in [0.5, 0.6) is 0 Å². The molecular weight excluding hydrogens is 157 g/mol. The number of fused-ring (bicyclic) bond motifs is 1. The maximum absolute atomic E-state index is 12.7. The molecule has 0 spiro atoms. The molecule has 0 aromatic heterocycles. The van der Waals surface area contributed by atoms with Gasteiger partial charge in [0, 0.05) is 6.04 Å². The SMILES string of the molecule is NC1Cc2cc(F)ccc2C1O. The Morgan fingerprint density at radius 2 is 2.25 bits per heavy atom. The van der Waals surface area contributed by atoms with Crippen LogP contribution in [0.4, 0.5) is 4.39 Å². The Morgan fingerprint density at radius 1 is 1.50 bits per heavy atom. The van der Waals surface area contributed by atoms with Crippen molar-refractivity contribution < 1.29 is 9.50 Å². The zero-order chi connectivity index (χ0) is 8.72. The van der Waals surface area contributed by atoms with Gasteiger partial charge in [-0.3, -0.25) is 0 Å². The first-order valence-corrected chi connectivity index (χ1v) is 3.90. The average Bonchev–Trinajstić information content (AvgIpc) is 2.28. The van der Waals surface area contributed by atoms with E-state index in [1.807, 2.05) is 0 Å². The highest BCUT2D eigenvalue weighted by atomic mass is 19.1. The first kappa shape index (κ1) is 7.71. The van der Waals surface area contributed by atoms with Gasteiger partial charge in [0.05, 0.1) is 6.10 Å². The fraction of sp³-hybridized carbons (Fsp3) is 0.333. The van der Waals surface area contributed by atoms with Crippen LogP contribution in [0, 0.1) is 5.82 Å². The van der Waals surface area contributed by atoms with Gasteiger partial charge in [-0.05, 0) is 29.7 Å². The molecule has 0 bridgehead atoms. The lowest BCUT2D eigenvalue weighted by Gasteiger charge is -2.07. The number of benzene rings is 1. The minimum Gasteiger partial charge on any atom is -0.387 e. The van der Waals surface area contributed by atoms with E-state index in [0.29, 0.717) is 6.42 Å². The molecule has 3 N–H and O–H groups in total. The highest BCUT2D eigenvalue weighted by molar-refractivity contribution is 5.36. The molecule has 1 aliphatic carbocycles. The maximum atomic E-state index is 12.7. The normalized spacial score (nSPS) is 27.2. The highest BCUT2D eigenvalue weighted by Gasteiger charge is 2.27. The lowest BCUT2D eigenvalue weighted by atomic mass is 10.1. The molecule has 64 valence electrons. The number of nitrogens with two attached hydrogens (primary N) is 1. The molecule has 0 fully saturated rings. The molecule has 1 aromatic rings. The fourth-order valence-corrected chi connectivity index (χ4v) is 1.64. The van der Waals surface area contributed by atoms with E-state index in [2.05, 4.69) is 0 Å². The van der Waals surface area contributed by atoms with Crippen LogP contribution >= 0.6 is 0 Å². The summed E-state index contributed by atoms with van der Waals surface area (Å²) < 4.78 is 12.7. The van der Waals surface area contributed by atoms with E-state index in [1.54, 1.807) is 6.07 Å². The van der Waals surface area contributed by atoms with E-state index >= 15 is 0 Å². The third-order valence-electron chi connectivity index (χ3n) is 2.28. The van der Waals surface area contributed by atoms with Gasteiger partial charge in [0.1, 0.15) is 5.82 Å².